The summed E-state index contributed by atoms with van der Waals surface area (Å²) in [6.07, 6.45) is 7.49. The lowest BCUT2D eigenvalue weighted by molar-refractivity contribution is -0.145. The van der Waals surface area contributed by atoms with Crippen molar-refractivity contribution in [3.63, 3.8) is 0 Å². The SMILES string of the molecule is COc1ccc2[nH]cc(CC(=O)N3CC4C=CC3C(COC(C)=O)C4)c2c1. The molecule has 3 aliphatic rings. The van der Waals surface area contributed by atoms with Crippen LogP contribution >= 0.6 is 0 Å². The lowest BCUT2D eigenvalue weighted by Crippen LogP contribution is -2.54. The minimum Gasteiger partial charge on any atom is -0.497 e. The molecule has 6 heteroatoms. The first-order valence-electron chi connectivity index (χ1n) is 9.30. The van der Waals surface area contributed by atoms with E-state index in [1.54, 1.807) is 7.11 Å². The fourth-order valence-electron chi connectivity index (χ4n) is 4.26. The molecule has 0 radical (unpaired) electrons. The van der Waals surface area contributed by atoms with Gasteiger partial charge < -0.3 is 19.4 Å². The number of amides is 1. The summed E-state index contributed by atoms with van der Waals surface area (Å²) in [5.41, 5.74) is 1.96. The number of fused-ring (bicyclic) bond motifs is 3. The monoisotopic (exact) mass is 368 g/mol. The summed E-state index contributed by atoms with van der Waals surface area (Å²) < 4.78 is 10.5. The number of piperidine rings is 1. The fraction of sp³-hybridized carbons (Fsp3) is 0.429. The first kappa shape index (κ1) is 17.6. The van der Waals surface area contributed by atoms with Crippen molar-refractivity contribution in [2.45, 2.75) is 25.8 Å². The number of nitrogens with zero attached hydrogens (tertiary/aromatic N) is 1. The number of hydrogen-bond acceptors (Lipinski definition) is 4. The second-order valence-corrected chi connectivity index (χ2v) is 7.38. The van der Waals surface area contributed by atoms with Gasteiger partial charge in [0.05, 0.1) is 26.2 Å². The van der Waals surface area contributed by atoms with Gasteiger partial charge in [-0.25, -0.2) is 0 Å². The summed E-state index contributed by atoms with van der Waals surface area (Å²) in [6.45, 7) is 2.53. The van der Waals surface area contributed by atoms with Crippen molar-refractivity contribution in [3.05, 3.63) is 42.1 Å². The lowest BCUT2D eigenvalue weighted by Gasteiger charge is -2.46. The zero-order valence-corrected chi connectivity index (χ0v) is 15.6. The second-order valence-electron chi connectivity index (χ2n) is 7.38. The van der Waals surface area contributed by atoms with E-state index in [1.165, 1.54) is 6.92 Å². The number of carbonyl (C=O) groups excluding carboxylic acids is 2. The number of benzene rings is 1. The van der Waals surface area contributed by atoms with Gasteiger partial charge >= 0.3 is 5.97 Å². The molecular formula is C21H24N2O4. The van der Waals surface area contributed by atoms with Crippen LogP contribution in [0.1, 0.15) is 18.9 Å². The molecule has 2 aromatic rings. The van der Waals surface area contributed by atoms with Crippen LogP contribution in [0, 0.1) is 11.8 Å². The molecule has 1 N–H and O–H groups in total. The molecule has 142 valence electrons. The molecule has 3 unspecified atom stereocenters. The first-order valence-corrected chi connectivity index (χ1v) is 9.30. The normalized spacial score (nSPS) is 23.6. The molecule has 1 fully saturated rings. The van der Waals surface area contributed by atoms with Crippen molar-refractivity contribution in [2.24, 2.45) is 11.8 Å². The van der Waals surface area contributed by atoms with Gasteiger partial charge in [-0.05, 0) is 36.1 Å². The Kier molecular flexibility index (Phi) is 4.64. The average Bonchev–Trinajstić information content (AvgIpc) is 3.08. The van der Waals surface area contributed by atoms with Gasteiger partial charge in [-0.1, -0.05) is 12.2 Å². The van der Waals surface area contributed by atoms with E-state index in [-0.39, 0.29) is 23.8 Å². The number of aromatic nitrogens is 1. The maximum atomic E-state index is 13.1. The Morgan fingerprint density at radius 1 is 1.30 bits per heavy atom. The largest absolute Gasteiger partial charge is 0.497 e. The van der Waals surface area contributed by atoms with Gasteiger partial charge in [0.25, 0.3) is 0 Å². The summed E-state index contributed by atoms with van der Waals surface area (Å²) in [6, 6.07) is 5.82. The predicted octanol–water partition coefficient (Wildman–Crippen LogP) is 2.69. The minimum atomic E-state index is -0.272. The Labute approximate surface area is 158 Å². The van der Waals surface area contributed by atoms with Gasteiger partial charge in [-0.15, -0.1) is 0 Å². The predicted molar refractivity (Wildman–Crippen MR) is 101 cm³/mol. The van der Waals surface area contributed by atoms with Crippen LogP contribution in [0.2, 0.25) is 0 Å². The zero-order valence-electron chi connectivity index (χ0n) is 15.6. The lowest BCUT2D eigenvalue weighted by atomic mass is 9.78. The maximum Gasteiger partial charge on any atom is 0.302 e. The smallest absolute Gasteiger partial charge is 0.302 e. The van der Waals surface area contributed by atoms with E-state index < -0.39 is 0 Å². The summed E-state index contributed by atoms with van der Waals surface area (Å²) >= 11 is 0. The number of nitrogens with one attached hydrogen (secondary N) is 1. The molecule has 6 nitrogen and oxygen atoms in total. The van der Waals surface area contributed by atoms with Gasteiger partial charge in [0, 0.05) is 36.5 Å². The van der Waals surface area contributed by atoms with E-state index in [0.717, 1.165) is 35.2 Å². The van der Waals surface area contributed by atoms with E-state index in [1.807, 2.05) is 29.3 Å². The van der Waals surface area contributed by atoms with Crippen molar-refractivity contribution >= 4 is 22.8 Å². The van der Waals surface area contributed by atoms with Gasteiger partial charge in [0.15, 0.2) is 0 Å². The van der Waals surface area contributed by atoms with Crippen molar-refractivity contribution in [1.82, 2.24) is 9.88 Å². The molecule has 1 aromatic heterocycles. The highest BCUT2D eigenvalue weighted by molar-refractivity contribution is 5.90. The molecular weight excluding hydrogens is 344 g/mol. The first-order chi connectivity index (χ1) is 13.0. The Bertz CT molecular complexity index is 901. The Balaban J connectivity index is 1.51. The number of esters is 1. The topological polar surface area (TPSA) is 71.6 Å². The molecule has 2 aliphatic heterocycles. The molecule has 5 rings (SSSR count). The highest BCUT2D eigenvalue weighted by Crippen LogP contribution is 2.35. The third-order valence-corrected chi connectivity index (χ3v) is 5.60. The number of rotatable bonds is 5. The van der Waals surface area contributed by atoms with Crippen LogP contribution in [0.3, 0.4) is 0 Å². The van der Waals surface area contributed by atoms with Crippen LogP contribution in [-0.2, 0) is 20.7 Å². The van der Waals surface area contributed by atoms with Crippen LogP contribution < -0.4 is 4.74 Å². The van der Waals surface area contributed by atoms with E-state index in [9.17, 15) is 9.59 Å². The molecule has 0 saturated carbocycles. The number of H-pyrrole nitrogens is 1. The number of carbonyl (C=O) groups is 2. The highest BCUT2D eigenvalue weighted by atomic mass is 16.5. The van der Waals surface area contributed by atoms with Crippen LogP contribution in [0.15, 0.2) is 36.5 Å². The highest BCUT2D eigenvalue weighted by Gasteiger charge is 2.40. The quantitative estimate of drug-likeness (QED) is 0.651. The zero-order chi connectivity index (χ0) is 19.0. The number of aromatic amines is 1. The van der Waals surface area contributed by atoms with E-state index in [2.05, 4.69) is 17.1 Å². The number of hydrogen-bond donors (Lipinski definition) is 1. The minimum absolute atomic E-state index is 0.00147. The summed E-state index contributed by atoms with van der Waals surface area (Å²) in [5, 5.41) is 1.01. The summed E-state index contributed by atoms with van der Waals surface area (Å²) in [4.78, 5) is 29.4. The molecule has 3 heterocycles. The van der Waals surface area contributed by atoms with E-state index in [4.69, 9.17) is 9.47 Å². The van der Waals surface area contributed by atoms with Crippen molar-refractivity contribution in [1.29, 1.82) is 0 Å². The van der Waals surface area contributed by atoms with Gasteiger partial charge in [-0.2, -0.15) is 0 Å². The second kappa shape index (κ2) is 7.10. The molecule has 1 saturated heterocycles. The maximum absolute atomic E-state index is 13.1. The molecule has 3 atom stereocenters. The van der Waals surface area contributed by atoms with E-state index in [0.29, 0.717) is 18.9 Å². The molecule has 1 amide bonds. The number of ether oxygens (including phenoxy) is 2. The average molecular weight is 368 g/mol. The third kappa shape index (κ3) is 3.44. The Hall–Kier alpha value is -2.76. The number of methoxy groups -OCH3 is 1. The standard InChI is InChI=1S/C21H24N2O4/c1-13(24)27-12-16-7-14-3-6-20(16)23(11-14)21(25)8-15-10-22-19-5-4-17(26-2)9-18(15)19/h3-6,9-10,14,16,20,22H,7-8,11-12H2,1-2H3. The van der Waals surface area contributed by atoms with Gasteiger partial charge in [-0.3, -0.25) is 9.59 Å². The molecule has 0 spiro atoms. The van der Waals surface area contributed by atoms with Crippen molar-refractivity contribution < 1.29 is 19.1 Å². The van der Waals surface area contributed by atoms with Gasteiger partial charge in [0.2, 0.25) is 5.91 Å². The molecule has 2 bridgehead atoms. The Morgan fingerprint density at radius 3 is 2.89 bits per heavy atom. The van der Waals surface area contributed by atoms with Crippen molar-refractivity contribution in [2.75, 3.05) is 20.3 Å². The Morgan fingerprint density at radius 2 is 2.15 bits per heavy atom. The molecule has 1 aliphatic carbocycles. The third-order valence-electron chi connectivity index (χ3n) is 5.60. The van der Waals surface area contributed by atoms with Gasteiger partial charge in [0.1, 0.15) is 5.75 Å². The fourth-order valence-corrected chi connectivity index (χ4v) is 4.26. The molecule has 1 aromatic carbocycles. The summed E-state index contributed by atoms with van der Waals surface area (Å²) in [5.74, 6) is 1.11. The van der Waals surface area contributed by atoms with Crippen LogP contribution in [0.5, 0.6) is 5.75 Å². The van der Waals surface area contributed by atoms with Crippen LogP contribution in [0.4, 0.5) is 0 Å². The van der Waals surface area contributed by atoms with Crippen molar-refractivity contribution in [3.8, 4) is 5.75 Å². The molecule has 27 heavy (non-hydrogen) atoms. The van der Waals surface area contributed by atoms with Crippen LogP contribution in [-0.4, -0.2) is 48.1 Å². The summed E-state index contributed by atoms with van der Waals surface area (Å²) in [7, 11) is 1.64. The van der Waals surface area contributed by atoms with Crippen LogP contribution in [0.25, 0.3) is 10.9 Å². The van der Waals surface area contributed by atoms with E-state index >= 15 is 0 Å².